The lowest BCUT2D eigenvalue weighted by molar-refractivity contribution is -0.118. The molecule has 0 bridgehead atoms. The highest BCUT2D eigenvalue weighted by atomic mass is 32.2. The van der Waals surface area contributed by atoms with Gasteiger partial charge in [-0.3, -0.25) is 4.79 Å². The van der Waals surface area contributed by atoms with Gasteiger partial charge in [0.15, 0.2) is 9.84 Å². The Balaban J connectivity index is 1.98. The fourth-order valence-electron chi connectivity index (χ4n) is 2.90. The monoisotopic (exact) mass is 463 g/mol. The van der Waals surface area contributed by atoms with Gasteiger partial charge in [-0.05, 0) is 42.7 Å². The van der Waals surface area contributed by atoms with Crippen molar-refractivity contribution in [2.75, 3.05) is 5.75 Å². The highest BCUT2D eigenvalue weighted by Crippen LogP contribution is 2.13. The number of amides is 1. The van der Waals surface area contributed by atoms with Gasteiger partial charge in [-0.15, -0.1) is 0 Å². The van der Waals surface area contributed by atoms with Crippen LogP contribution in [0.5, 0.6) is 0 Å². The Labute approximate surface area is 183 Å². The van der Waals surface area contributed by atoms with Crippen LogP contribution in [0.2, 0.25) is 0 Å². The average Bonchev–Trinajstić information content (AvgIpc) is 2.66. The minimum absolute atomic E-state index is 0.0125. The van der Waals surface area contributed by atoms with Gasteiger partial charge < -0.3 is 5.32 Å². The molecule has 2 aromatic rings. The normalized spacial score (nSPS) is 11.8. The summed E-state index contributed by atoms with van der Waals surface area (Å²) in [5.74, 6) is -1.93. The maximum atomic E-state index is 12.3. The van der Waals surface area contributed by atoms with E-state index in [4.69, 9.17) is 5.26 Å². The molecule has 0 aliphatic rings. The highest BCUT2D eigenvalue weighted by Gasteiger charge is 2.19. The van der Waals surface area contributed by atoms with Gasteiger partial charge in [0.05, 0.1) is 23.1 Å². The van der Waals surface area contributed by atoms with Crippen molar-refractivity contribution >= 4 is 25.8 Å². The summed E-state index contributed by atoms with van der Waals surface area (Å²) in [5, 5.41) is 11.3. The second-order valence-electron chi connectivity index (χ2n) is 7.42. The number of hydrogen-bond donors (Lipinski definition) is 2. The van der Waals surface area contributed by atoms with Crippen molar-refractivity contribution in [3.05, 3.63) is 70.8 Å². The number of nitrogens with one attached hydrogen (secondary N) is 2. The lowest BCUT2D eigenvalue weighted by atomic mass is 10.1. The van der Waals surface area contributed by atoms with Crippen LogP contribution in [0, 0.1) is 11.3 Å². The number of carbonyl (C=O) groups excluding carboxylic acids is 1. The quantitative estimate of drug-likeness (QED) is 0.550. The maximum absolute atomic E-state index is 12.3. The fraction of sp³-hybridized carbons (Fsp3) is 0.333. The van der Waals surface area contributed by atoms with Crippen molar-refractivity contribution in [1.82, 2.24) is 10.0 Å². The smallest absolute Gasteiger partial charge is 0.235 e. The molecule has 2 aromatic carbocycles. The molecule has 0 aromatic heterocycles. The Morgan fingerprint density at radius 3 is 2.16 bits per heavy atom. The van der Waals surface area contributed by atoms with E-state index in [1.807, 2.05) is 6.07 Å². The molecule has 166 valence electrons. The first-order chi connectivity index (χ1) is 14.5. The molecule has 0 aliphatic heterocycles. The van der Waals surface area contributed by atoms with Gasteiger partial charge in [-0.2, -0.15) is 5.26 Å². The molecule has 0 aliphatic carbocycles. The van der Waals surface area contributed by atoms with Crippen molar-refractivity contribution in [2.24, 2.45) is 0 Å². The van der Waals surface area contributed by atoms with Crippen LogP contribution in [-0.2, 0) is 42.7 Å². The molecular formula is C21H25N3O5S2. The van der Waals surface area contributed by atoms with E-state index in [0.29, 0.717) is 22.3 Å². The van der Waals surface area contributed by atoms with E-state index in [2.05, 4.69) is 10.0 Å². The lowest BCUT2D eigenvalue weighted by Crippen LogP contribution is -2.32. The zero-order valence-corrected chi connectivity index (χ0v) is 19.0. The molecule has 0 unspecified atom stereocenters. The second-order valence-corrected chi connectivity index (χ2v) is 11.2. The van der Waals surface area contributed by atoms with E-state index in [9.17, 15) is 21.6 Å². The minimum atomic E-state index is -3.71. The molecule has 2 N–H and O–H groups in total. The summed E-state index contributed by atoms with van der Waals surface area (Å²) in [5.41, 5.74) is 2.02. The average molecular weight is 464 g/mol. The van der Waals surface area contributed by atoms with Gasteiger partial charge in [-0.25, -0.2) is 21.6 Å². The summed E-state index contributed by atoms with van der Waals surface area (Å²) in [6, 6.07) is 14.6. The van der Waals surface area contributed by atoms with Gasteiger partial charge in [0.1, 0.15) is 5.75 Å². The number of carbonyl (C=O) groups is 1. The van der Waals surface area contributed by atoms with Crippen molar-refractivity contribution < 1.29 is 21.6 Å². The zero-order chi connectivity index (χ0) is 23.1. The van der Waals surface area contributed by atoms with Gasteiger partial charge in [0, 0.05) is 12.6 Å². The molecule has 31 heavy (non-hydrogen) atoms. The number of nitriles is 1. The molecule has 0 fully saturated rings. The van der Waals surface area contributed by atoms with Crippen LogP contribution in [-0.4, -0.2) is 34.5 Å². The number of rotatable bonds is 10. The summed E-state index contributed by atoms with van der Waals surface area (Å²) in [6.45, 7) is 3.46. The zero-order valence-electron chi connectivity index (χ0n) is 17.3. The summed E-state index contributed by atoms with van der Waals surface area (Å²) < 4.78 is 51.6. The Morgan fingerprint density at radius 2 is 1.58 bits per heavy atom. The molecule has 10 heteroatoms. The van der Waals surface area contributed by atoms with E-state index in [1.165, 1.54) is 24.3 Å². The van der Waals surface area contributed by atoms with Crippen molar-refractivity contribution in [3.63, 3.8) is 0 Å². The summed E-state index contributed by atoms with van der Waals surface area (Å²) in [6.07, 6.45) is 0. The topological polar surface area (TPSA) is 133 Å². The number of benzene rings is 2. The van der Waals surface area contributed by atoms with Crippen LogP contribution in [0.25, 0.3) is 0 Å². The molecule has 8 nitrogen and oxygen atoms in total. The molecule has 2 rings (SSSR count). The third-order valence-corrected chi connectivity index (χ3v) is 7.17. The maximum Gasteiger partial charge on any atom is 0.235 e. The van der Waals surface area contributed by atoms with E-state index < -0.39 is 31.5 Å². The molecule has 0 heterocycles. The first-order valence-corrected chi connectivity index (χ1v) is 13.0. The van der Waals surface area contributed by atoms with Gasteiger partial charge in [-0.1, -0.05) is 36.4 Å². The Bertz CT molecular complexity index is 1170. The standard InChI is InChI=1S/C21H25N3O5S2/c1-16(2)24-31(28,29)14-20-6-4-3-5-19(20)12-23-21(25)15-30(26,27)13-18-9-7-17(11-22)8-10-18/h3-10,16,24H,12-15H2,1-2H3,(H,23,25). The minimum Gasteiger partial charge on any atom is -0.351 e. The molecule has 0 saturated carbocycles. The van der Waals surface area contributed by atoms with Crippen molar-refractivity contribution in [3.8, 4) is 6.07 Å². The number of nitrogens with zero attached hydrogens (tertiary/aromatic N) is 1. The Morgan fingerprint density at radius 1 is 0.968 bits per heavy atom. The van der Waals surface area contributed by atoms with Crippen LogP contribution >= 0.6 is 0 Å². The van der Waals surface area contributed by atoms with Crippen molar-refractivity contribution in [1.29, 1.82) is 5.26 Å². The lowest BCUT2D eigenvalue weighted by Gasteiger charge is -2.13. The van der Waals surface area contributed by atoms with Crippen molar-refractivity contribution in [2.45, 2.75) is 37.9 Å². The summed E-state index contributed by atoms with van der Waals surface area (Å²) in [4.78, 5) is 12.2. The van der Waals surface area contributed by atoms with Crippen LogP contribution < -0.4 is 10.0 Å². The highest BCUT2D eigenvalue weighted by molar-refractivity contribution is 7.91. The largest absolute Gasteiger partial charge is 0.351 e. The molecule has 1 amide bonds. The van der Waals surface area contributed by atoms with Crippen LogP contribution in [0.15, 0.2) is 48.5 Å². The number of hydrogen-bond acceptors (Lipinski definition) is 6. The number of sulfone groups is 1. The van der Waals surface area contributed by atoms with E-state index in [0.717, 1.165) is 0 Å². The number of sulfonamides is 1. The van der Waals surface area contributed by atoms with Gasteiger partial charge >= 0.3 is 0 Å². The first kappa shape index (κ1) is 24.5. The van der Waals surface area contributed by atoms with Gasteiger partial charge in [0.2, 0.25) is 15.9 Å². The predicted molar refractivity (Wildman–Crippen MR) is 118 cm³/mol. The molecule has 0 spiro atoms. The fourth-order valence-corrected chi connectivity index (χ4v) is 5.70. The summed E-state index contributed by atoms with van der Waals surface area (Å²) >= 11 is 0. The third kappa shape index (κ3) is 8.49. The molecule has 0 radical (unpaired) electrons. The predicted octanol–water partition coefficient (Wildman–Crippen LogP) is 1.62. The van der Waals surface area contributed by atoms with E-state index >= 15 is 0 Å². The first-order valence-electron chi connectivity index (χ1n) is 9.52. The molecule has 0 atom stereocenters. The third-order valence-electron chi connectivity index (χ3n) is 4.18. The van der Waals surface area contributed by atoms with Crippen LogP contribution in [0.4, 0.5) is 0 Å². The SMILES string of the molecule is CC(C)NS(=O)(=O)Cc1ccccc1CNC(=O)CS(=O)(=O)Cc1ccc(C#N)cc1. The molecular weight excluding hydrogens is 438 g/mol. The Kier molecular flexibility index (Phi) is 8.33. The summed E-state index contributed by atoms with van der Waals surface area (Å²) in [7, 11) is -7.25. The second kappa shape index (κ2) is 10.5. The molecule has 0 saturated heterocycles. The van der Waals surface area contributed by atoms with E-state index in [1.54, 1.807) is 38.1 Å². The van der Waals surface area contributed by atoms with Crippen LogP contribution in [0.3, 0.4) is 0 Å². The van der Waals surface area contributed by atoms with E-state index in [-0.39, 0.29) is 24.1 Å². The van der Waals surface area contributed by atoms with Gasteiger partial charge in [0.25, 0.3) is 0 Å². The van der Waals surface area contributed by atoms with Crippen LogP contribution in [0.1, 0.15) is 36.1 Å². The Hall–Kier alpha value is -2.74.